The van der Waals surface area contributed by atoms with Crippen LogP contribution in [0, 0.1) is 0 Å². The summed E-state index contributed by atoms with van der Waals surface area (Å²) in [7, 11) is 0. The molecule has 1 saturated carbocycles. The second-order valence-electron chi connectivity index (χ2n) is 5.39. The number of benzene rings is 1. The molecule has 16 heavy (non-hydrogen) atoms. The molecule has 0 bridgehead atoms. The standard InChI is InChI=1S/C14H18ClN/c1-9(16)14(5-6-14)11-7-10-3-2-4-12(10)13(15)8-11/h7-9H,2-6,16H2,1H3. The van der Waals surface area contributed by atoms with Crippen molar-refractivity contribution in [3.05, 3.63) is 33.8 Å². The number of halogens is 1. The van der Waals surface area contributed by atoms with Crippen LogP contribution in [0.15, 0.2) is 12.1 Å². The molecule has 0 spiro atoms. The van der Waals surface area contributed by atoms with Gasteiger partial charge < -0.3 is 5.73 Å². The maximum absolute atomic E-state index is 6.37. The van der Waals surface area contributed by atoms with E-state index in [-0.39, 0.29) is 11.5 Å². The minimum Gasteiger partial charge on any atom is -0.327 e. The van der Waals surface area contributed by atoms with E-state index in [0.717, 1.165) is 11.4 Å². The van der Waals surface area contributed by atoms with E-state index in [1.54, 1.807) is 0 Å². The molecule has 1 unspecified atom stereocenters. The molecular formula is C14H18ClN. The van der Waals surface area contributed by atoms with Crippen LogP contribution in [0.5, 0.6) is 0 Å². The van der Waals surface area contributed by atoms with Gasteiger partial charge in [-0.25, -0.2) is 0 Å². The molecule has 0 saturated heterocycles. The van der Waals surface area contributed by atoms with Crippen LogP contribution in [-0.4, -0.2) is 6.04 Å². The van der Waals surface area contributed by atoms with Crippen LogP contribution in [0.2, 0.25) is 5.02 Å². The van der Waals surface area contributed by atoms with Gasteiger partial charge >= 0.3 is 0 Å². The third-order valence-corrected chi connectivity index (χ3v) is 4.73. The normalized spacial score (nSPS) is 22.9. The average molecular weight is 236 g/mol. The lowest BCUT2D eigenvalue weighted by atomic mass is 9.87. The Kier molecular flexibility index (Phi) is 2.31. The second kappa shape index (κ2) is 3.48. The SMILES string of the molecule is CC(N)C1(c2cc(Cl)c3c(c2)CCC3)CC1. The molecule has 2 aliphatic carbocycles. The van der Waals surface area contributed by atoms with E-state index in [9.17, 15) is 0 Å². The van der Waals surface area contributed by atoms with Crippen LogP contribution in [0.3, 0.4) is 0 Å². The number of fused-ring (bicyclic) bond motifs is 1. The van der Waals surface area contributed by atoms with Gasteiger partial charge in [0, 0.05) is 16.5 Å². The summed E-state index contributed by atoms with van der Waals surface area (Å²) in [6.07, 6.45) is 6.04. The largest absolute Gasteiger partial charge is 0.327 e. The molecule has 1 nitrogen and oxygen atoms in total. The highest BCUT2D eigenvalue weighted by Crippen LogP contribution is 2.51. The van der Waals surface area contributed by atoms with E-state index in [4.69, 9.17) is 17.3 Å². The van der Waals surface area contributed by atoms with Crippen LogP contribution in [-0.2, 0) is 18.3 Å². The van der Waals surface area contributed by atoms with Crippen molar-refractivity contribution < 1.29 is 0 Å². The van der Waals surface area contributed by atoms with Crippen LogP contribution in [0.1, 0.15) is 42.9 Å². The molecule has 3 rings (SSSR count). The van der Waals surface area contributed by atoms with Crippen molar-refractivity contribution in [1.29, 1.82) is 0 Å². The third-order valence-electron chi connectivity index (χ3n) is 4.40. The first kappa shape index (κ1) is 10.6. The van der Waals surface area contributed by atoms with Crippen molar-refractivity contribution in [3.8, 4) is 0 Å². The van der Waals surface area contributed by atoms with Crippen molar-refractivity contribution >= 4 is 11.6 Å². The van der Waals surface area contributed by atoms with E-state index in [1.165, 1.54) is 42.4 Å². The molecule has 2 N–H and O–H groups in total. The molecule has 0 heterocycles. The zero-order valence-electron chi connectivity index (χ0n) is 9.72. The summed E-state index contributed by atoms with van der Waals surface area (Å²) < 4.78 is 0. The highest BCUT2D eigenvalue weighted by molar-refractivity contribution is 6.31. The molecule has 0 radical (unpaired) electrons. The van der Waals surface area contributed by atoms with Crippen LogP contribution in [0.25, 0.3) is 0 Å². The molecule has 0 aromatic heterocycles. The predicted molar refractivity (Wildman–Crippen MR) is 68.0 cm³/mol. The van der Waals surface area contributed by atoms with Gasteiger partial charge in [-0.05, 0) is 61.8 Å². The average Bonchev–Trinajstić information content (AvgIpc) is 2.92. The van der Waals surface area contributed by atoms with Crippen molar-refractivity contribution in [2.75, 3.05) is 0 Å². The van der Waals surface area contributed by atoms with Crippen LogP contribution in [0.4, 0.5) is 0 Å². The van der Waals surface area contributed by atoms with Crippen molar-refractivity contribution in [2.45, 2.75) is 50.5 Å². The number of hydrogen-bond acceptors (Lipinski definition) is 1. The Morgan fingerprint density at radius 1 is 1.31 bits per heavy atom. The Labute approximate surface area is 102 Å². The Hall–Kier alpha value is -0.530. The first-order chi connectivity index (χ1) is 7.63. The van der Waals surface area contributed by atoms with Gasteiger partial charge in [0.05, 0.1) is 0 Å². The number of rotatable bonds is 2. The molecule has 1 aromatic carbocycles. The molecule has 1 atom stereocenters. The fraction of sp³-hybridized carbons (Fsp3) is 0.571. The van der Waals surface area contributed by atoms with E-state index in [0.29, 0.717) is 0 Å². The minimum absolute atomic E-state index is 0.237. The quantitative estimate of drug-likeness (QED) is 0.837. The predicted octanol–water partition coefficient (Wildman–Crippen LogP) is 3.21. The lowest BCUT2D eigenvalue weighted by Gasteiger charge is -2.21. The van der Waals surface area contributed by atoms with Gasteiger partial charge in [-0.2, -0.15) is 0 Å². The molecular weight excluding hydrogens is 218 g/mol. The maximum Gasteiger partial charge on any atom is 0.0443 e. The molecule has 86 valence electrons. The van der Waals surface area contributed by atoms with Gasteiger partial charge in [0.25, 0.3) is 0 Å². The van der Waals surface area contributed by atoms with Gasteiger partial charge in [-0.1, -0.05) is 17.7 Å². The highest BCUT2D eigenvalue weighted by Gasteiger charge is 2.47. The summed E-state index contributed by atoms with van der Waals surface area (Å²) in [5.41, 5.74) is 10.6. The van der Waals surface area contributed by atoms with Crippen molar-refractivity contribution in [1.82, 2.24) is 0 Å². The first-order valence-electron chi connectivity index (χ1n) is 6.21. The van der Waals surface area contributed by atoms with Crippen molar-refractivity contribution in [2.24, 2.45) is 5.73 Å². The first-order valence-corrected chi connectivity index (χ1v) is 6.59. The fourth-order valence-corrected chi connectivity index (χ4v) is 3.41. The van der Waals surface area contributed by atoms with E-state index < -0.39 is 0 Å². The summed E-state index contributed by atoms with van der Waals surface area (Å²) in [4.78, 5) is 0. The summed E-state index contributed by atoms with van der Waals surface area (Å²) >= 11 is 6.37. The summed E-state index contributed by atoms with van der Waals surface area (Å²) in [5, 5.41) is 0.969. The van der Waals surface area contributed by atoms with Crippen LogP contribution >= 0.6 is 11.6 Å². The van der Waals surface area contributed by atoms with Gasteiger partial charge in [0.1, 0.15) is 0 Å². The molecule has 0 aliphatic heterocycles. The number of aryl methyl sites for hydroxylation is 1. The summed E-state index contributed by atoms with van der Waals surface area (Å²) in [6, 6.07) is 4.77. The molecule has 2 heteroatoms. The van der Waals surface area contributed by atoms with E-state index >= 15 is 0 Å². The highest BCUT2D eigenvalue weighted by atomic mass is 35.5. The number of hydrogen-bond donors (Lipinski definition) is 1. The Bertz CT molecular complexity index is 433. The molecule has 2 aliphatic rings. The lowest BCUT2D eigenvalue weighted by molar-refractivity contribution is 0.556. The fourth-order valence-electron chi connectivity index (χ4n) is 3.08. The minimum atomic E-state index is 0.237. The Morgan fingerprint density at radius 3 is 2.69 bits per heavy atom. The topological polar surface area (TPSA) is 26.0 Å². The molecule has 1 aromatic rings. The summed E-state index contributed by atoms with van der Waals surface area (Å²) in [6.45, 7) is 2.12. The second-order valence-corrected chi connectivity index (χ2v) is 5.80. The van der Waals surface area contributed by atoms with Crippen LogP contribution < -0.4 is 5.73 Å². The van der Waals surface area contributed by atoms with Gasteiger partial charge in [-0.15, -0.1) is 0 Å². The van der Waals surface area contributed by atoms with Crippen molar-refractivity contribution in [3.63, 3.8) is 0 Å². The zero-order valence-corrected chi connectivity index (χ0v) is 10.5. The van der Waals surface area contributed by atoms with E-state index in [2.05, 4.69) is 19.1 Å². The molecule has 0 amide bonds. The summed E-state index contributed by atoms with van der Waals surface area (Å²) in [5.74, 6) is 0. The number of nitrogens with two attached hydrogens (primary N) is 1. The smallest absolute Gasteiger partial charge is 0.0443 e. The lowest BCUT2D eigenvalue weighted by Crippen LogP contribution is -2.31. The third kappa shape index (κ3) is 1.42. The zero-order chi connectivity index (χ0) is 11.3. The van der Waals surface area contributed by atoms with Gasteiger partial charge in [0.15, 0.2) is 0 Å². The maximum atomic E-state index is 6.37. The van der Waals surface area contributed by atoms with Gasteiger partial charge in [0.2, 0.25) is 0 Å². The Morgan fingerprint density at radius 2 is 2.06 bits per heavy atom. The Balaban J connectivity index is 2.07. The monoisotopic (exact) mass is 235 g/mol. The van der Waals surface area contributed by atoms with Gasteiger partial charge in [-0.3, -0.25) is 0 Å². The molecule has 1 fully saturated rings. The van der Waals surface area contributed by atoms with E-state index in [1.807, 2.05) is 0 Å².